The number of halogens is 3. The molecule has 0 radical (unpaired) electrons. The third-order valence-electron chi connectivity index (χ3n) is 1.63. The Bertz CT molecular complexity index is 414. The highest BCUT2D eigenvalue weighted by Gasteiger charge is 2.31. The third kappa shape index (κ3) is 1.48. The Morgan fingerprint density at radius 3 is 2.57 bits per heavy atom. The van der Waals surface area contributed by atoms with Crippen molar-refractivity contribution >= 4 is 0 Å². The van der Waals surface area contributed by atoms with Crippen molar-refractivity contribution in [3.63, 3.8) is 0 Å². The highest BCUT2D eigenvalue weighted by molar-refractivity contribution is 5.24. The molecule has 7 heteroatoms. The fourth-order valence-electron chi connectivity index (χ4n) is 0.997. The van der Waals surface area contributed by atoms with Gasteiger partial charge in [0.15, 0.2) is 0 Å². The van der Waals surface area contributed by atoms with E-state index in [9.17, 15) is 13.2 Å². The summed E-state index contributed by atoms with van der Waals surface area (Å²) < 4.78 is 37.7. The summed E-state index contributed by atoms with van der Waals surface area (Å²) in [5.41, 5.74) is 0.319. The monoisotopic (exact) mass is 202 g/mol. The highest BCUT2D eigenvalue weighted by atomic mass is 19.4. The molecule has 0 aliphatic carbocycles. The number of aromatic nitrogens is 4. The summed E-state index contributed by atoms with van der Waals surface area (Å²) >= 11 is 0. The molecule has 74 valence electrons. The van der Waals surface area contributed by atoms with E-state index in [4.69, 9.17) is 0 Å². The molecule has 0 aromatic carbocycles. The van der Waals surface area contributed by atoms with Gasteiger partial charge in [0.2, 0.25) is 0 Å². The van der Waals surface area contributed by atoms with E-state index in [-0.39, 0.29) is 4.68 Å². The topological polar surface area (TPSA) is 35.6 Å². The largest absolute Gasteiger partial charge is 0.504 e. The van der Waals surface area contributed by atoms with Crippen LogP contribution in [0.4, 0.5) is 13.2 Å². The van der Waals surface area contributed by atoms with Gasteiger partial charge in [-0.15, -0.1) is 13.2 Å². The first-order valence-electron chi connectivity index (χ1n) is 3.67. The van der Waals surface area contributed by atoms with E-state index in [1.807, 2.05) is 0 Å². The van der Waals surface area contributed by atoms with Gasteiger partial charge in [-0.3, -0.25) is 0 Å². The number of hydrogen-bond donors (Lipinski definition) is 0. The van der Waals surface area contributed by atoms with E-state index in [2.05, 4.69) is 10.1 Å². The van der Waals surface area contributed by atoms with Crippen LogP contribution in [0.1, 0.15) is 0 Å². The minimum atomic E-state index is -4.47. The van der Waals surface area contributed by atoms with Crippen LogP contribution in [0.3, 0.4) is 0 Å². The second-order valence-electron chi connectivity index (χ2n) is 2.58. The molecule has 2 rings (SSSR count). The molecule has 14 heavy (non-hydrogen) atoms. The van der Waals surface area contributed by atoms with E-state index in [1.165, 1.54) is 23.3 Å². The maximum atomic E-state index is 12.1. The quantitative estimate of drug-likeness (QED) is 0.703. The molecular weight excluding hydrogens is 197 g/mol. The Morgan fingerprint density at radius 2 is 2.07 bits per heavy atom. The van der Waals surface area contributed by atoms with Crippen molar-refractivity contribution in [2.75, 3.05) is 0 Å². The standard InChI is InChI=1S/C7H5F3N4/c8-7(9,10)14-4-6(3-12-14)13-2-1-11-5-13/h1-5H. The van der Waals surface area contributed by atoms with Gasteiger partial charge >= 0.3 is 6.30 Å². The molecule has 0 aliphatic rings. The van der Waals surface area contributed by atoms with Crippen molar-refractivity contribution in [1.29, 1.82) is 0 Å². The van der Waals surface area contributed by atoms with Gasteiger partial charge in [0.25, 0.3) is 0 Å². The predicted molar refractivity (Wildman–Crippen MR) is 40.6 cm³/mol. The first-order chi connectivity index (χ1) is 6.57. The molecular formula is C7H5F3N4. The van der Waals surface area contributed by atoms with Crippen LogP contribution in [0.5, 0.6) is 0 Å². The average molecular weight is 202 g/mol. The van der Waals surface area contributed by atoms with E-state index in [0.717, 1.165) is 12.4 Å². The fourth-order valence-corrected chi connectivity index (χ4v) is 0.997. The number of imidazole rings is 1. The van der Waals surface area contributed by atoms with Gasteiger partial charge in [-0.2, -0.15) is 9.78 Å². The number of alkyl halides is 3. The summed E-state index contributed by atoms with van der Waals surface area (Å²) in [6, 6.07) is 0. The van der Waals surface area contributed by atoms with Gasteiger partial charge in [0, 0.05) is 12.4 Å². The second-order valence-corrected chi connectivity index (χ2v) is 2.58. The molecule has 0 bridgehead atoms. The molecule has 0 fully saturated rings. The molecule has 2 heterocycles. The van der Waals surface area contributed by atoms with Crippen LogP contribution in [0, 0.1) is 0 Å². The number of rotatable bonds is 1. The lowest BCUT2D eigenvalue weighted by atomic mass is 10.5. The molecule has 0 atom stereocenters. The zero-order chi connectivity index (χ0) is 10.2. The van der Waals surface area contributed by atoms with Crippen LogP contribution in [0.2, 0.25) is 0 Å². The fraction of sp³-hybridized carbons (Fsp3) is 0.143. The van der Waals surface area contributed by atoms with Crippen LogP contribution < -0.4 is 0 Å². The van der Waals surface area contributed by atoms with Crippen molar-refractivity contribution in [2.45, 2.75) is 6.30 Å². The lowest BCUT2D eigenvalue weighted by Gasteiger charge is -2.03. The van der Waals surface area contributed by atoms with Crippen LogP contribution in [0.25, 0.3) is 5.69 Å². The van der Waals surface area contributed by atoms with Gasteiger partial charge in [-0.1, -0.05) is 0 Å². The van der Waals surface area contributed by atoms with Gasteiger partial charge in [0.1, 0.15) is 0 Å². The van der Waals surface area contributed by atoms with Crippen LogP contribution >= 0.6 is 0 Å². The third-order valence-corrected chi connectivity index (χ3v) is 1.63. The van der Waals surface area contributed by atoms with Crippen molar-refractivity contribution in [3.8, 4) is 5.69 Å². The lowest BCUT2D eigenvalue weighted by Crippen LogP contribution is -2.16. The first kappa shape index (κ1) is 8.79. The molecule has 2 aromatic heterocycles. The second kappa shape index (κ2) is 2.86. The first-order valence-corrected chi connectivity index (χ1v) is 3.67. The van der Waals surface area contributed by atoms with Crippen LogP contribution in [-0.4, -0.2) is 19.3 Å². The Labute approximate surface area is 76.6 Å². The van der Waals surface area contributed by atoms with Crippen molar-refractivity contribution < 1.29 is 13.2 Å². The molecule has 0 spiro atoms. The van der Waals surface area contributed by atoms with E-state index in [1.54, 1.807) is 0 Å². The molecule has 0 saturated heterocycles. The van der Waals surface area contributed by atoms with Crippen LogP contribution in [-0.2, 0) is 6.30 Å². The molecule has 0 amide bonds. The zero-order valence-corrected chi connectivity index (χ0v) is 6.81. The van der Waals surface area contributed by atoms with Crippen LogP contribution in [0.15, 0.2) is 31.1 Å². The SMILES string of the molecule is FC(F)(F)n1cc(-n2ccnc2)cn1. The maximum absolute atomic E-state index is 12.1. The molecule has 4 nitrogen and oxygen atoms in total. The predicted octanol–water partition coefficient (Wildman–Crippen LogP) is 1.55. The summed E-state index contributed by atoms with van der Waals surface area (Å²) in [6.45, 7) is 0. The number of hydrogen-bond acceptors (Lipinski definition) is 2. The molecule has 0 unspecified atom stereocenters. The summed E-state index contributed by atoms with van der Waals surface area (Å²) in [7, 11) is 0. The van der Waals surface area contributed by atoms with Crippen molar-refractivity contribution in [2.24, 2.45) is 0 Å². The summed E-state index contributed by atoms with van der Waals surface area (Å²) in [4.78, 5) is 3.71. The lowest BCUT2D eigenvalue weighted by molar-refractivity contribution is -0.212. The van der Waals surface area contributed by atoms with Gasteiger partial charge < -0.3 is 4.57 Å². The van der Waals surface area contributed by atoms with Gasteiger partial charge in [0.05, 0.1) is 24.4 Å². The Hall–Kier alpha value is -1.79. The van der Waals surface area contributed by atoms with E-state index < -0.39 is 6.30 Å². The van der Waals surface area contributed by atoms with Gasteiger partial charge in [-0.25, -0.2) is 4.98 Å². The number of nitrogens with zero attached hydrogens (tertiary/aromatic N) is 4. The smallest absolute Gasteiger partial charge is 0.303 e. The summed E-state index contributed by atoms with van der Waals surface area (Å²) in [6.07, 6.45) is 1.95. The molecule has 2 aromatic rings. The Morgan fingerprint density at radius 1 is 1.29 bits per heavy atom. The normalized spacial score (nSPS) is 11.9. The summed E-state index contributed by atoms with van der Waals surface area (Å²) in [5.74, 6) is 0. The Balaban J connectivity index is 2.36. The minimum Gasteiger partial charge on any atom is -0.303 e. The van der Waals surface area contributed by atoms with Crippen molar-refractivity contribution in [1.82, 2.24) is 19.3 Å². The van der Waals surface area contributed by atoms with Gasteiger partial charge in [-0.05, 0) is 0 Å². The minimum absolute atomic E-state index is 0.0532. The van der Waals surface area contributed by atoms with Crippen molar-refractivity contribution in [3.05, 3.63) is 31.1 Å². The maximum Gasteiger partial charge on any atom is 0.504 e. The van der Waals surface area contributed by atoms with E-state index in [0.29, 0.717) is 5.69 Å². The molecule has 0 saturated carbocycles. The molecule has 0 N–H and O–H groups in total. The highest BCUT2D eigenvalue weighted by Crippen LogP contribution is 2.21. The van der Waals surface area contributed by atoms with E-state index >= 15 is 0 Å². The zero-order valence-electron chi connectivity index (χ0n) is 6.81. The summed E-state index contributed by atoms with van der Waals surface area (Å²) in [5, 5.41) is 3.19. The Kier molecular flexibility index (Phi) is 1.80. The average Bonchev–Trinajstić information content (AvgIpc) is 2.73. The molecule has 0 aliphatic heterocycles.